The van der Waals surface area contributed by atoms with Crippen molar-refractivity contribution < 1.29 is 19.0 Å². The summed E-state index contributed by atoms with van der Waals surface area (Å²) >= 11 is 0. The normalized spacial score (nSPS) is 22.0. The zero-order chi connectivity index (χ0) is 15.8. The van der Waals surface area contributed by atoms with Gasteiger partial charge >= 0.3 is 5.71 Å². The summed E-state index contributed by atoms with van der Waals surface area (Å²) < 4.78 is 17.0. The smallest absolute Gasteiger partial charge is 0.328 e. The minimum atomic E-state index is -0.336. The Morgan fingerprint density at radius 1 is 1.27 bits per heavy atom. The van der Waals surface area contributed by atoms with Gasteiger partial charge in [0.1, 0.15) is 5.76 Å². The number of ether oxygens (including phenoxy) is 3. The van der Waals surface area contributed by atoms with Crippen molar-refractivity contribution in [2.24, 2.45) is 0 Å². The summed E-state index contributed by atoms with van der Waals surface area (Å²) in [5.74, 6) is 0.743. The van der Waals surface area contributed by atoms with Gasteiger partial charge in [0, 0.05) is 19.7 Å². The van der Waals surface area contributed by atoms with Crippen LogP contribution in [-0.4, -0.2) is 61.0 Å². The van der Waals surface area contributed by atoms with Crippen molar-refractivity contribution in [1.82, 2.24) is 4.90 Å². The van der Waals surface area contributed by atoms with Gasteiger partial charge in [-0.05, 0) is 18.9 Å². The monoisotopic (exact) mass is 307 g/mol. The molecule has 0 N–H and O–H groups in total. The highest BCUT2D eigenvalue weighted by molar-refractivity contribution is 5.97. The maximum atomic E-state index is 9.25. The Balaban J connectivity index is 2.22. The average molecular weight is 307 g/mol. The van der Waals surface area contributed by atoms with Gasteiger partial charge in [0.25, 0.3) is 0 Å². The van der Waals surface area contributed by atoms with Crippen molar-refractivity contribution in [2.75, 3.05) is 39.5 Å². The van der Waals surface area contributed by atoms with Crippen LogP contribution in [0.25, 0.3) is 5.53 Å². The lowest BCUT2D eigenvalue weighted by Gasteiger charge is -2.33. The molecule has 0 aromatic carbocycles. The second-order valence-electron chi connectivity index (χ2n) is 5.32. The first-order chi connectivity index (χ1) is 10.8. The summed E-state index contributed by atoms with van der Waals surface area (Å²) in [6, 6.07) is 0. The molecule has 6 heteroatoms. The van der Waals surface area contributed by atoms with E-state index in [1.54, 1.807) is 6.08 Å². The number of hydrogen-bond donors (Lipinski definition) is 0. The van der Waals surface area contributed by atoms with Gasteiger partial charge in [0.15, 0.2) is 6.10 Å². The van der Waals surface area contributed by atoms with Crippen molar-refractivity contribution in [3.05, 3.63) is 29.1 Å². The molecule has 2 rings (SSSR count). The highest BCUT2D eigenvalue weighted by Gasteiger charge is 2.31. The summed E-state index contributed by atoms with van der Waals surface area (Å²) in [5.41, 5.74) is 10.7. The number of rotatable bonds is 7. The predicted molar refractivity (Wildman–Crippen MR) is 83.5 cm³/mol. The first-order valence-corrected chi connectivity index (χ1v) is 8.03. The molecule has 122 valence electrons. The molecular formula is C16H25N3O3. The van der Waals surface area contributed by atoms with Crippen LogP contribution in [0.5, 0.6) is 0 Å². The lowest BCUT2D eigenvalue weighted by molar-refractivity contribution is -0.0239. The van der Waals surface area contributed by atoms with Crippen LogP contribution in [0.3, 0.4) is 0 Å². The zero-order valence-corrected chi connectivity index (χ0v) is 13.5. The maximum absolute atomic E-state index is 9.25. The first-order valence-electron chi connectivity index (χ1n) is 8.03. The van der Waals surface area contributed by atoms with Crippen LogP contribution >= 0.6 is 0 Å². The van der Waals surface area contributed by atoms with E-state index in [0.29, 0.717) is 32.1 Å². The van der Waals surface area contributed by atoms with Crippen molar-refractivity contribution in [3.8, 4) is 0 Å². The van der Waals surface area contributed by atoms with Crippen LogP contribution in [0.4, 0.5) is 0 Å². The minimum Gasteiger partial charge on any atom is -0.491 e. The van der Waals surface area contributed by atoms with Gasteiger partial charge in [-0.1, -0.05) is 13.8 Å². The molecule has 0 radical (unpaired) electrons. The van der Waals surface area contributed by atoms with Gasteiger partial charge in [0.2, 0.25) is 0 Å². The molecule has 0 spiro atoms. The third kappa shape index (κ3) is 4.19. The number of hydrogen-bond acceptors (Lipinski definition) is 4. The molecule has 2 aliphatic rings. The van der Waals surface area contributed by atoms with Crippen molar-refractivity contribution in [1.29, 1.82) is 0 Å². The molecule has 0 aromatic heterocycles. The van der Waals surface area contributed by atoms with Crippen LogP contribution in [0, 0.1) is 0 Å². The molecule has 1 saturated heterocycles. The van der Waals surface area contributed by atoms with Gasteiger partial charge in [-0.3, -0.25) is 0 Å². The Morgan fingerprint density at radius 3 is 2.64 bits per heavy atom. The first kappa shape index (κ1) is 16.7. The van der Waals surface area contributed by atoms with Gasteiger partial charge in [-0.15, -0.1) is 0 Å². The Kier molecular flexibility index (Phi) is 6.65. The van der Waals surface area contributed by atoms with E-state index < -0.39 is 0 Å². The summed E-state index contributed by atoms with van der Waals surface area (Å²) in [5, 5.41) is 0. The van der Waals surface area contributed by atoms with Crippen molar-refractivity contribution >= 4 is 5.71 Å². The van der Waals surface area contributed by atoms with E-state index in [9.17, 15) is 5.53 Å². The van der Waals surface area contributed by atoms with Gasteiger partial charge in [0.05, 0.1) is 31.6 Å². The Hall–Kier alpha value is -1.62. The van der Waals surface area contributed by atoms with Gasteiger partial charge in [-0.25, -0.2) is 0 Å². The molecule has 0 amide bonds. The Morgan fingerprint density at radius 2 is 2.00 bits per heavy atom. The quantitative estimate of drug-likeness (QED) is 0.533. The minimum absolute atomic E-state index is 0.336. The molecule has 6 nitrogen and oxygen atoms in total. The molecule has 1 unspecified atom stereocenters. The average Bonchev–Trinajstić information content (AvgIpc) is 2.58. The molecule has 0 aromatic rings. The third-order valence-corrected chi connectivity index (χ3v) is 3.56. The standard InChI is InChI=1S/C16H25N3O3/c1-3-7-21-15-12-14(19-5-9-20-10-6-19)16(22-8-4-2)11-13(15)18-17/h11-12,15H,3-10H2,1-2H3. The van der Waals surface area contributed by atoms with Crippen LogP contribution in [0.2, 0.25) is 0 Å². The molecular weight excluding hydrogens is 282 g/mol. The fraction of sp³-hybridized carbons (Fsp3) is 0.688. The van der Waals surface area contributed by atoms with Gasteiger partial charge < -0.3 is 24.6 Å². The fourth-order valence-corrected chi connectivity index (χ4v) is 2.46. The summed E-state index contributed by atoms with van der Waals surface area (Å²) in [4.78, 5) is 5.60. The van der Waals surface area contributed by atoms with E-state index in [-0.39, 0.29) is 6.10 Å². The zero-order valence-electron chi connectivity index (χ0n) is 13.5. The maximum Gasteiger partial charge on any atom is 0.328 e. The molecule has 1 aliphatic heterocycles. The highest BCUT2D eigenvalue weighted by atomic mass is 16.5. The molecule has 1 atom stereocenters. The van der Waals surface area contributed by atoms with Crippen LogP contribution in [-0.2, 0) is 14.2 Å². The lowest BCUT2D eigenvalue weighted by atomic mass is 10.0. The summed E-state index contributed by atoms with van der Waals surface area (Å²) in [6.07, 6.45) is 5.27. The van der Waals surface area contributed by atoms with E-state index in [1.807, 2.05) is 6.08 Å². The molecule has 0 bridgehead atoms. The van der Waals surface area contributed by atoms with Crippen molar-refractivity contribution in [3.63, 3.8) is 0 Å². The Labute approximate surface area is 132 Å². The number of nitrogens with zero attached hydrogens (tertiary/aromatic N) is 3. The molecule has 1 heterocycles. The van der Waals surface area contributed by atoms with Crippen LogP contribution in [0.15, 0.2) is 23.6 Å². The van der Waals surface area contributed by atoms with E-state index in [0.717, 1.165) is 37.4 Å². The second kappa shape index (κ2) is 8.73. The summed E-state index contributed by atoms with van der Waals surface area (Å²) in [6.45, 7) is 8.43. The molecule has 0 saturated carbocycles. The summed E-state index contributed by atoms with van der Waals surface area (Å²) in [7, 11) is 0. The topological polar surface area (TPSA) is 67.3 Å². The van der Waals surface area contributed by atoms with E-state index in [4.69, 9.17) is 14.2 Å². The van der Waals surface area contributed by atoms with Crippen LogP contribution in [0.1, 0.15) is 26.7 Å². The van der Waals surface area contributed by atoms with E-state index in [1.165, 1.54) is 0 Å². The van der Waals surface area contributed by atoms with E-state index in [2.05, 4.69) is 23.5 Å². The lowest BCUT2D eigenvalue weighted by Crippen LogP contribution is -2.39. The SMILES string of the molecule is CCCOC1=CC(=[N+]=[N-])C(OCCC)C=C1N1CCOCC1. The Bertz CT molecular complexity index is 475. The third-order valence-electron chi connectivity index (χ3n) is 3.56. The molecule has 22 heavy (non-hydrogen) atoms. The fourth-order valence-electron chi connectivity index (χ4n) is 2.46. The predicted octanol–water partition coefficient (Wildman–Crippen LogP) is 1.99. The largest absolute Gasteiger partial charge is 0.491 e. The van der Waals surface area contributed by atoms with Crippen LogP contribution < -0.4 is 0 Å². The highest BCUT2D eigenvalue weighted by Crippen LogP contribution is 2.24. The number of morpholine rings is 1. The molecule has 1 fully saturated rings. The van der Waals surface area contributed by atoms with Crippen molar-refractivity contribution in [2.45, 2.75) is 32.8 Å². The van der Waals surface area contributed by atoms with Gasteiger partial charge in [-0.2, -0.15) is 4.79 Å². The van der Waals surface area contributed by atoms with E-state index >= 15 is 0 Å². The molecule has 1 aliphatic carbocycles. The second-order valence-corrected chi connectivity index (χ2v) is 5.32.